The molecule has 2 N–H and O–H groups in total. The zero-order chi connectivity index (χ0) is 14.2. The van der Waals surface area contributed by atoms with Gasteiger partial charge >= 0.3 is 0 Å². The van der Waals surface area contributed by atoms with E-state index in [0.29, 0.717) is 17.8 Å². The third kappa shape index (κ3) is 2.34. The lowest BCUT2D eigenvalue weighted by Crippen LogP contribution is -2.28. The molecule has 0 radical (unpaired) electrons. The smallest absolute Gasteiger partial charge is 0.115 e. The van der Waals surface area contributed by atoms with Crippen LogP contribution in [0.1, 0.15) is 53.6 Å². The highest BCUT2D eigenvalue weighted by Crippen LogP contribution is 2.37. The van der Waals surface area contributed by atoms with Gasteiger partial charge in [-0.1, -0.05) is 30.3 Å². The van der Waals surface area contributed by atoms with Crippen molar-refractivity contribution in [3.8, 4) is 5.75 Å². The highest BCUT2D eigenvalue weighted by Gasteiger charge is 2.27. The van der Waals surface area contributed by atoms with Crippen LogP contribution in [0.5, 0.6) is 5.75 Å². The lowest BCUT2D eigenvalue weighted by molar-refractivity contribution is 0.397. The molecule has 2 aromatic carbocycles. The Morgan fingerprint density at radius 1 is 0.857 bits per heavy atom. The fourth-order valence-electron chi connectivity index (χ4n) is 3.95. The van der Waals surface area contributed by atoms with Crippen molar-refractivity contribution in [3.05, 3.63) is 64.7 Å². The minimum Gasteiger partial charge on any atom is -0.508 e. The van der Waals surface area contributed by atoms with Crippen LogP contribution < -0.4 is 5.32 Å². The molecule has 0 amide bonds. The largest absolute Gasteiger partial charge is 0.508 e. The van der Waals surface area contributed by atoms with Crippen molar-refractivity contribution in [3.63, 3.8) is 0 Å². The standard InChI is InChI=1S/C19H21NO/c21-15-9-10-17-14(12-15)5-3-7-18(17)20-19-11-8-13-4-1-2-6-16(13)19/h1-2,4,6,9-10,12,18-21H,3,5,7-8,11H2. The van der Waals surface area contributed by atoms with E-state index in [-0.39, 0.29) is 0 Å². The second-order valence-electron chi connectivity index (χ2n) is 6.28. The predicted octanol–water partition coefficient (Wildman–Crippen LogP) is 4.05. The Morgan fingerprint density at radius 2 is 1.67 bits per heavy atom. The van der Waals surface area contributed by atoms with E-state index in [0.717, 1.165) is 6.42 Å². The summed E-state index contributed by atoms with van der Waals surface area (Å²) in [5.74, 6) is 0.389. The Hall–Kier alpha value is -1.80. The van der Waals surface area contributed by atoms with Crippen LogP contribution in [-0.2, 0) is 12.8 Å². The van der Waals surface area contributed by atoms with Gasteiger partial charge < -0.3 is 10.4 Å². The monoisotopic (exact) mass is 279 g/mol. The molecule has 0 bridgehead atoms. The van der Waals surface area contributed by atoms with Gasteiger partial charge in [-0.15, -0.1) is 0 Å². The van der Waals surface area contributed by atoms with Crippen molar-refractivity contribution in [2.75, 3.05) is 0 Å². The van der Waals surface area contributed by atoms with Crippen LogP contribution in [-0.4, -0.2) is 5.11 Å². The SMILES string of the molecule is Oc1ccc2c(c1)CCCC2NC1CCc2ccccc21. The quantitative estimate of drug-likeness (QED) is 0.869. The molecule has 0 aliphatic heterocycles. The van der Waals surface area contributed by atoms with Crippen LogP contribution in [0.4, 0.5) is 0 Å². The van der Waals surface area contributed by atoms with Crippen LogP contribution in [0.2, 0.25) is 0 Å². The van der Waals surface area contributed by atoms with E-state index >= 15 is 0 Å². The highest BCUT2D eigenvalue weighted by molar-refractivity contribution is 5.39. The molecule has 2 nitrogen and oxygen atoms in total. The molecule has 0 spiro atoms. The fraction of sp³-hybridized carbons (Fsp3) is 0.368. The minimum absolute atomic E-state index is 0.389. The van der Waals surface area contributed by atoms with Crippen molar-refractivity contribution in [1.82, 2.24) is 5.32 Å². The van der Waals surface area contributed by atoms with Crippen molar-refractivity contribution < 1.29 is 5.11 Å². The zero-order valence-electron chi connectivity index (χ0n) is 12.2. The van der Waals surface area contributed by atoms with Crippen LogP contribution in [0, 0.1) is 0 Å². The molecule has 108 valence electrons. The summed E-state index contributed by atoms with van der Waals surface area (Å²) in [5, 5.41) is 13.5. The topological polar surface area (TPSA) is 32.3 Å². The van der Waals surface area contributed by atoms with E-state index in [1.165, 1.54) is 47.9 Å². The summed E-state index contributed by atoms with van der Waals surface area (Å²) in [6.07, 6.45) is 5.86. The van der Waals surface area contributed by atoms with Gasteiger partial charge in [0.1, 0.15) is 5.75 Å². The zero-order valence-corrected chi connectivity index (χ0v) is 12.2. The maximum absolute atomic E-state index is 9.67. The van der Waals surface area contributed by atoms with Crippen molar-refractivity contribution in [2.24, 2.45) is 0 Å². The lowest BCUT2D eigenvalue weighted by Gasteiger charge is -2.29. The first kappa shape index (κ1) is 12.9. The Bertz CT molecular complexity index is 664. The van der Waals surface area contributed by atoms with Gasteiger partial charge in [-0.25, -0.2) is 0 Å². The predicted molar refractivity (Wildman–Crippen MR) is 84.4 cm³/mol. The van der Waals surface area contributed by atoms with Gasteiger partial charge in [-0.05, 0) is 66.5 Å². The average molecular weight is 279 g/mol. The van der Waals surface area contributed by atoms with Gasteiger partial charge in [0.2, 0.25) is 0 Å². The van der Waals surface area contributed by atoms with Gasteiger partial charge in [-0.2, -0.15) is 0 Å². The van der Waals surface area contributed by atoms with E-state index in [4.69, 9.17) is 0 Å². The number of aromatic hydroxyl groups is 1. The second-order valence-corrected chi connectivity index (χ2v) is 6.28. The molecule has 0 fully saturated rings. The maximum Gasteiger partial charge on any atom is 0.115 e. The molecule has 0 aromatic heterocycles. The van der Waals surface area contributed by atoms with Crippen molar-refractivity contribution >= 4 is 0 Å². The normalized spacial score (nSPS) is 23.6. The molecule has 2 unspecified atom stereocenters. The molecule has 2 aliphatic carbocycles. The van der Waals surface area contributed by atoms with Gasteiger partial charge in [0, 0.05) is 12.1 Å². The Morgan fingerprint density at radius 3 is 2.62 bits per heavy atom. The molecule has 0 saturated carbocycles. The van der Waals surface area contributed by atoms with E-state index in [1.807, 2.05) is 12.1 Å². The molecule has 0 heterocycles. The van der Waals surface area contributed by atoms with E-state index in [2.05, 4.69) is 35.6 Å². The van der Waals surface area contributed by atoms with Gasteiger partial charge in [0.15, 0.2) is 0 Å². The highest BCUT2D eigenvalue weighted by atomic mass is 16.3. The lowest BCUT2D eigenvalue weighted by atomic mass is 9.87. The molecule has 0 saturated heterocycles. The first-order chi connectivity index (χ1) is 10.3. The average Bonchev–Trinajstić information content (AvgIpc) is 2.91. The number of hydrogen-bond acceptors (Lipinski definition) is 2. The molecule has 2 aromatic rings. The van der Waals surface area contributed by atoms with Crippen LogP contribution >= 0.6 is 0 Å². The molecular weight excluding hydrogens is 258 g/mol. The summed E-state index contributed by atoms with van der Waals surface area (Å²) in [4.78, 5) is 0. The summed E-state index contributed by atoms with van der Waals surface area (Å²) in [6.45, 7) is 0. The number of rotatable bonds is 2. The summed E-state index contributed by atoms with van der Waals surface area (Å²) < 4.78 is 0. The number of phenols is 1. The number of hydrogen-bond donors (Lipinski definition) is 2. The molecule has 2 heteroatoms. The molecular formula is C19H21NO. The van der Waals surface area contributed by atoms with E-state index < -0.39 is 0 Å². The minimum atomic E-state index is 0.389. The maximum atomic E-state index is 9.67. The number of aryl methyl sites for hydroxylation is 2. The molecule has 4 rings (SSSR count). The van der Waals surface area contributed by atoms with Gasteiger partial charge in [0.05, 0.1) is 0 Å². The number of nitrogens with one attached hydrogen (secondary N) is 1. The third-order valence-corrected chi connectivity index (χ3v) is 4.98. The Kier molecular flexibility index (Phi) is 3.19. The first-order valence-electron chi connectivity index (χ1n) is 7.97. The number of benzene rings is 2. The molecule has 21 heavy (non-hydrogen) atoms. The van der Waals surface area contributed by atoms with Crippen LogP contribution in [0.25, 0.3) is 0 Å². The third-order valence-electron chi connectivity index (χ3n) is 4.98. The second kappa shape index (κ2) is 5.19. The van der Waals surface area contributed by atoms with Crippen molar-refractivity contribution in [1.29, 1.82) is 0 Å². The number of phenolic OH excluding ortho intramolecular Hbond substituents is 1. The van der Waals surface area contributed by atoms with Gasteiger partial charge in [-0.3, -0.25) is 0 Å². The summed E-state index contributed by atoms with van der Waals surface area (Å²) in [7, 11) is 0. The van der Waals surface area contributed by atoms with Crippen LogP contribution in [0.3, 0.4) is 0 Å². The van der Waals surface area contributed by atoms with Crippen molar-refractivity contribution in [2.45, 2.75) is 44.2 Å². The Balaban J connectivity index is 1.60. The first-order valence-corrected chi connectivity index (χ1v) is 7.97. The van der Waals surface area contributed by atoms with Gasteiger partial charge in [0.25, 0.3) is 0 Å². The summed E-state index contributed by atoms with van der Waals surface area (Å²) in [5.41, 5.74) is 5.66. The summed E-state index contributed by atoms with van der Waals surface area (Å²) in [6, 6.07) is 15.6. The van der Waals surface area contributed by atoms with E-state index in [9.17, 15) is 5.11 Å². The summed E-state index contributed by atoms with van der Waals surface area (Å²) >= 11 is 0. The van der Waals surface area contributed by atoms with Crippen LogP contribution in [0.15, 0.2) is 42.5 Å². The van der Waals surface area contributed by atoms with E-state index in [1.54, 1.807) is 0 Å². The number of fused-ring (bicyclic) bond motifs is 2. The molecule has 2 atom stereocenters. The fourth-order valence-corrected chi connectivity index (χ4v) is 3.95. The molecule has 2 aliphatic rings. The Labute approximate surface area is 125 Å².